The molecule has 0 radical (unpaired) electrons. The Hall–Kier alpha value is -4.18. The number of hydrazine groups is 1. The van der Waals surface area contributed by atoms with Crippen molar-refractivity contribution in [2.45, 2.75) is 11.8 Å². The smallest absolute Gasteiger partial charge is 0.269 e. The van der Waals surface area contributed by atoms with Gasteiger partial charge in [-0.05, 0) is 40.8 Å². The lowest BCUT2D eigenvalue weighted by atomic mass is 9.85. The van der Waals surface area contributed by atoms with Gasteiger partial charge in [-0.15, -0.1) is 0 Å². The van der Waals surface area contributed by atoms with E-state index in [1.54, 1.807) is 12.1 Å². The second kappa shape index (κ2) is 8.75. The van der Waals surface area contributed by atoms with Crippen LogP contribution in [0.1, 0.15) is 27.9 Å². The molecule has 0 bridgehead atoms. The highest BCUT2D eigenvalue weighted by atomic mass is 16.2. The van der Waals surface area contributed by atoms with E-state index in [0.29, 0.717) is 12.0 Å². The van der Waals surface area contributed by atoms with Crippen LogP contribution in [0.4, 0.5) is 0 Å². The van der Waals surface area contributed by atoms with E-state index in [-0.39, 0.29) is 23.1 Å². The van der Waals surface area contributed by atoms with Gasteiger partial charge < -0.3 is 0 Å². The van der Waals surface area contributed by atoms with Crippen molar-refractivity contribution in [3.8, 4) is 11.1 Å². The van der Waals surface area contributed by atoms with Crippen molar-refractivity contribution in [2.75, 3.05) is 0 Å². The summed E-state index contributed by atoms with van der Waals surface area (Å²) in [6.45, 7) is 0. The molecule has 4 aromatic rings. The zero-order valence-corrected chi connectivity index (χ0v) is 18.1. The van der Waals surface area contributed by atoms with Crippen LogP contribution in [0.3, 0.4) is 0 Å². The second-order valence-corrected chi connectivity index (χ2v) is 8.35. The lowest BCUT2D eigenvalue weighted by molar-refractivity contribution is -0.123. The van der Waals surface area contributed by atoms with Gasteiger partial charge in [-0.3, -0.25) is 20.4 Å². The monoisotopic (exact) mass is 432 g/mol. The van der Waals surface area contributed by atoms with Crippen LogP contribution in [-0.2, 0) is 10.2 Å². The number of carbonyl (C=O) groups excluding carboxylic acids is 2. The average molecular weight is 433 g/mol. The Labute approximate surface area is 193 Å². The van der Waals surface area contributed by atoms with E-state index in [0.717, 1.165) is 22.3 Å². The summed E-state index contributed by atoms with van der Waals surface area (Å²) < 4.78 is 0. The molecule has 2 N–H and O–H groups in total. The van der Waals surface area contributed by atoms with E-state index < -0.39 is 0 Å². The molecule has 1 saturated carbocycles. The summed E-state index contributed by atoms with van der Waals surface area (Å²) in [5.74, 6) is -0.770. The summed E-state index contributed by atoms with van der Waals surface area (Å²) in [7, 11) is 0. The van der Waals surface area contributed by atoms with Gasteiger partial charge in [0.15, 0.2) is 0 Å². The number of benzene rings is 4. The van der Waals surface area contributed by atoms with Crippen molar-refractivity contribution in [3.05, 3.63) is 132 Å². The summed E-state index contributed by atoms with van der Waals surface area (Å²) in [5, 5.41) is 0. The zero-order chi connectivity index (χ0) is 22.7. The van der Waals surface area contributed by atoms with E-state index in [9.17, 15) is 9.59 Å². The van der Waals surface area contributed by atoms with Gasteiger partial charge in [0.2, 0.25) is 5.91 Å². The van der Waals surface area contributed by atoms with E-state index in [4.69, 9.17) is 0 Å². The maximum atomic E-state index is 13.0. The third-order valence-electron chi connectivity index (χ3n) is 6.41. The quantitative estimate of drug-likeness (QED) is 0.430. The van der Waals surface area contributed by atoms with Gasteiger partial charge >= 0.3 is 0 Å². The number of nitrogens with one attached hydrogen (secondary N) is 2. The first-order valence-electron chi connectivity index (χ1n) is 11.1. The fourth-order valence-electron chi connectivity index (χ4n) is 4.58. The molecule has 1 aliphatic carbocycles. The molecular formula is C29H24N2O2. The maximum Gasteiger partial charge on any atom is 0.269 e. The van der Waals surface area contributed by atoms with Crippen molar-refractivity contribution in [1.82, 2.24) is 10.9 Å². The van der Waals surface area contributed by atoms with E-state index in [1.165, 1.54) is 0 Å². The largest absolute Gasteiger partial charge is 0.273 e. The Balaban J connectivity index is 1.27. The van der Waals surface area contributed by atoms with Crippen LogP contribution in [0.2, 0.25) is 0 Å². The Morgan fingerprint density at radius 3 is 1.64 bits per heavy atom. The molecule has 4 aromatic carbocycles. The first-order valence-corrected chi connectivity index (χ1v) is 11.1. The highest BCUT2D eigenvalue weighted by Gasteiger charge is 2.60. The number of amides is 2. The molecule has 0 saturated heterocycles. The normalized spacial score (nSPS) is 15.9. The van der Waals surface area contributed by atoms with Crippen molar-refractivity contribution in [3.63, 3.8) is 0 Å². The van der Waals surface area contributed by atoms with Crippen LogP contribution < -0.4 is 10.9 Å². The number of carbonyl (C=O) groups is 2. The number of hydrogen-bond donors (Lipinski definition) is 2. The van der Waals surface area contributed by atoms with Crippen LogP contribution in [0.25, 0.3) is 11.1 Å². The van der Waals surface area contributed by atoms with Crippen molar-refractivity contribution in [2.24, 2.45) is 5.92 Å². The molecule has 0 spiro atoms. The van der Waals surface area contributed by atoms with Crippen LogP contribution in [0, 0.1) is 5.92 Å². The maximum absolute atomic E-state index is 13.0. The minimum Gasteiger partial charge on any atom is -0.273 e. The summed E-state index contributed by atoms with van der Waals surface area (Å²) in [6.07, 6.45) is 0.703. The Kier molecular flexibility index (Phi) is 5.49. The SMILES string of the molecule is O=C(NNC(=O)C1CC1(c1ccccc1)c1ccccc1)c1ccc(-c2ccccc2)cc1. The lowest BCUT2D eigenvalue weighted by Crippen LogP contribution is -2.43. The lowest BCUT2D eigenvalue weighted by Gasteiger charge is -2.19. The standard InChI is InChI=1S/C29H24N2O2/c32-27(23-18-16-22(17-19-23)21-10-4-1-5-11-21)30-31-28(33)26-20-29(26,24-12-6-2-7-13-24)25-14-8-3-9-15-25/h1-19,26H,20H2,(H,30,32)(H,31,33). The number of hydrogen-bond acceptors (Lipinski definition) is 2. The first kappa shape index (κ1) is 20.7. The van der Waals surface area contributed by atoms with Gasteiger partial charge in [-0.2, -0.15) is 0 Å². The van der Waals surface area contributed by atoms with E-state index >= 15 is 0 Å². The molecule has 1 atom stereocenters. The molecular weight excluding hydrogens is 408 g/mol. The first-order chi connectivity index (χ1) is 16.2. The van der Waals surface area contributed by atoms with Crippen LogP contribution in [0.5, 0.6) is 0 Å². The van der Waals surface area contributed by atoms with Gasteiger partial charge in [0.05, 0.1) is 5.92 Å². The van der Waals surface area contributed by atoms with E-state index in [2.05, 4.69) is 35.1 Å². The highest BCUT2D eigenvalue weighted by Crippen LogP contribution is 2.58. The topological polar surface area (TPSA) is 58.2 Å². The minimum atomic E-state index is -0.366. The molecule has 0 aromatic heterocycles. The van der Waals surface area contributed by atoms with Gasteiger partial charge in [-0.25, -0.2) is 0 Å². The minimum absolute atomic E-state index is 0.183. The van der Waals surface area contributed by atoms with Gasteiger partial charge in [0, 0.05) is 11.0 Å². The third kappa shape index (κ3) is 4.03. The molecule has 1 fully saturated rings. The third-order valence-corrected chi connectivity index (χ3v) is 6.41. The predicted molar refractivity (Wildman–Crippen MR) is 129 cm³/mol. The van der Waals surface area contributed by atoms with Crippen LogP contribution in [-0.4, -0.2) is 11.8 Å². The van der Waals surface area contributed by atoms with Crippen LogP contribution in [0.15, 0.2) is 115 Å². The van der Waals surface area contributed by atoms with Gasteiger partial charge in [0.1, 0.15) is 0 Å². The summed E-state index contributed by atoms with van der Waals surface area (Å²) in [4.78, 5) is 25.6. The molecule has 162 valence electrons. The predicted octanol–water partition coefficient (Wildman–Crippen LogP) is 5.12. The van der Waals surface area contributed by atoms with E-state index in [1.807, 2.05) is 78.9 Å². The van der Waals surface area contributed by atoms with Gasteiger partial charge in [0.25, 0.3) is 5.91 Å². The van der Waals surface area contributed by atoms with Gasteiger partial charge in [-0.1, -0.05) is 103 Å². The van der Waals surface area contributed by atoms with Crippen LogP contribution >= 0.6 is 0 Å². The summed E-state index contributed by atoms with van der Waals surface area (Å²) >= 11 is 0. The zero-order valence-electron chi connectivity index (χ0n) is 18.1. The molecule has 1 unspecified atom stereocenters. The summed E-state index contributed by atoms with van der Waals surface area (Å²) in [6, 6.07) is 37.5. The summed E-state index contributed by atoms with van der Waals surface area (Å²) in [5.41, 5.74) is 9.69. The molecule has 0 heterocycles. The Morgan fingerprint density at radius 2 is 1.09 bits per heavy atom. The number of rotatable bonds is 5. The fourth-order valence-corrected chi connectivity index (χ4v) is 4.58. The van der Waals surface area contributed by atoms with Crippen molar-refractivity contribution < 1.29 is 9.59 Å². The fraction of sp³-hybridized carbons (Fsp3) is 0.103. The van der Waals surface area contributed by atoms with Crippen molar-refractivity contribution >= 4 is 11.8 Å². The Bertz CT molecular complexity index is 1210. The Morgan fingerprint density at radius 1 is 0.606 bits per heavy atom. The average Bonchev–Trinajstić information content (AvgIpc) is 3.66. The molecule has 5 rings (SSSR count). The molecule has 33 heavy (non-hydrogen) atoms. The second-order valence-electron chi connectivity index (χ2n) is 8.35. The molecule has 4 heteroatoms. The van der Waals surface area contributed by atoms with Crippen molar-refractivity contribution in [1.29, 1.82) is 0 Å². The highest BCUT2D eigenvalue weighted by molar-refractivity contribution is 5.96. The molecule has 1 aliphatic rings. The molecule has 4 nitrogen and oxygen atoms in total. The molecule has 2 amide bonds. The molecule has 0 aliphatic heterocycles.